The van der Waals surface area contributed by atoms with Crippen LogP contribution < -0.4 is 0 Å². The SMILES string of the molecule is CCC(C(=O)O)[C@H]1CC[C@H](C)[C@H]([C@@H](C)[C@H](O)[C@H](C)C(=O)C2([C@H]3OC[C@H](C)C[C@@H]3C)CC2C)O1. The average molecular weight is 467 g/mol. The van der Waals surface area contributed by atoms with Crippen molar-refractivity contribution >= 4 is 11.8 Å². The van der Waals surface area contributed by atoms with Crippen molar-refractivity contribution in [1.29, 1.82) is 0 Å². The van der Waals surface area contributed by atoms with E-state index in [-0.39, 0.29) is 41.8 Å². The summed E-state index contributed by atoms with van der Waals surface area (Å²) in [7, 11) is 0. The highest BCUT2D eigenvalue weighted by molar-refractivity contribution is 5.91. The topological polar surface area (TPSA) is 93.1 Å². The molecular formula is C27H46O6. The van der Waals surface area contributed by atoms with Crippen LogP contribution in [0.15, 0.2) is 0 Å². The van der Waals surface area contributed by atoms with E-state index in [1.54, 1.807) is 0 Å². The number of ketones is 1. The number of carbonyl (C=O) groups is 2. The van der Waals surface area contributed by atoms with Crippen molar-refractivity contribution in [2.24, 2.45) is 46.8 Å². The van der Waals surface area contributed by atoms with Crippen LogP contribution in [0.1, 0.15) is 80.6 Å². The third kappa shape index (κ3) is 5.04. The van der Waals surface area contributed by atoms with Gasteiger partial charge in [-0.3, -0.25) is 9.59 Å². The lowest BCUT2D eigenvalue weighted by molar-refractivity contribution is -0.170. The van der Waals surface area contributed by atoms with Gasteiger partial charge < -0.3 is 19.7 Å². The van der Waals surface area contributed by atoms with Gasteiger partial charge >= 0.3 is 5.97 Å². The molecular weight excluding hydrogens is 420 g/mol. The second-order valence-electron chi connectivity index (χ2n) is 11.8. The Balaban J connectivity index is 1.72. The number of aliphatic hydroxyl groups excluding tert-OH is 1. The number of rotatable bonds is 9. The maximum absolute atomic E-state index is 13.8. The first kappa shape index (κ1) is 26.6. The molecule has 3 rings (SSSR count). The van der Waals surface area contributed by atoms with E-state index in [1.807, 2.05) is 20.8 Å². The Bertz CT molecular complexity index is 709. The molecule has 3 aliphatic rings. The predicted octanol–water partition coefficient (Wildman–Crippen LogP) is 4.57. The third-order valence-corrected chi connectivity index (χ3v) is 9.17. The summed E-state index contributed by atoms with van der Waals surface area (Å²) in [6.45, 7) is 15.0. The summed E-state index contributed by atoms with van der Waals surface area (Å²) in [5.41, 5.74) is -0.488. The summed E-state index contributed by atoms with van der Waals surface area (Å²) < 4.78 is 12.6. The van der Waals surface area contributed by atoms with Crippen LogP contribution in [0.4, 0.5) is 0 Å². The van der Waals surface area contributed by atoms with Crippen LogP contribution in [0, 0.1) is 46.8 Å². The van der Waals surface area contributed by atoms with Gasteiger partial charge in [0.2, 0.25) is 0 Å². The molecule has 0 aromatic rings. The Morgan fingerprint density at radius 1 is 1.09 bits per heavy atom. The zero-order valence-electron chi connectivity index (χ0n) is 21.6. The molecule has 33 heavy (non-hydrogen) atoms. The van der Waals surface area contributed by atoms with Crippen molar-refractivity contribution in [2.45, 2.75) is 105 Å². The molecule has 2 saturated heterocycles. The second-order valence-corrected chi connectivity index (χ2v) is 11.8. The smallest absolute Gasteiger partial charge is 0.309 e. The Hall–Kier alpha value is -0.980. The molecule has 3 fully saturated rings. The standard InChI is InChI=1S/C27H46O6/c1-8-20(26(30)31)21-10-9-15(3)23(33-21)18(6)22(28)19(7)24(29)27(12-17(27)5)25-16(4)11-14(2)13-32-25/h14-23,25,28H,8-13H2,1-7H3,(H,30,31)/t14-,15+,16+,17?,18+,19+,20?,21-,22+,23-,25+,27?/m1/s1. The van der Waals surface area contributed by atoms with Crippen LogP contribution in [0.3, 0.4) is 0 Å². The molecule has 3 unspecified atom stereocenters. The molecule has 0 radical (unpaired) electrons. The Morgan fingerprint density at radius 3 is 2.24 bits per heavy atom. The van der Waals surface area contributed by atoms with Crippen molar-refractivity contribution in [3.63, 3.8) is 0 Å². The first-order valence-electron chi connectivity index (χ1n) is 13.2. The lowest BCUT2D eigenvalue weighted by atomic mass is 9.72. The summed E-state index contributed by atoms with van der Waals surface area (Å²) >= 11 is 0. The number of carboxylic acid groups (broad SMARTS) is 1. The van der Waals surface area contributed by atoms with Gasteiger partial charge in [-0.2, -0.15) is 0 Å². The van der Waals surface area contributed by atoms with E-state index in [1.165, 1.54) is 0 Å². The Labute approximate surface area is 199 Å². The van der Waals surface area contributed by atoms with Crippen LogP contribution in [0.2, 0.25) is 0 Å². The summed E-state index contributed by atoms with van der Waals surface area (Å²) in [5.74, 6) is -0.703. The van der Waals surface area contributed by atoms with E-state index in [4.69, 9.17) is 9.47 Å². The lowest BCUT2D eigenvalue weighted by Crippen LogP contribution is -2.50. The first-order valence-corrected chi connectivity index (χ1v) is 13.2. The zero-order valence-corrected chi connectivity index (χ0v) is 21.6. The molecule has 1 saturated carbocycles. The molecule has 2 aliphatic heterocycles. The molecule has 6 nitrogen and oxygen atoms in total. The van der Waals surface area contributed by atoms with Crippen LogP contribution in [-0.4, -0.2) is 53.0 Å². The lowest BCUT2D eigenvalue weighted by Gasteiger charge is -2.43. The van der Waals surface area contributed by atoms with E-state index in [2.05, 4.69) is 27.7 Å². The predicted molar refractivity (Wildman–Crippen MR) is 127 cm³/mol. The fourth-order valence-corrected chi connectivity index (χ4v) is 7.00. The number of carboxylic acids is 1. The number of carbonyl (C=O) groups excluding carboxylic acids is 1. The van der Waals surface area contributed by atoms with Crippen molar-refractivity contribution in [1.82, 2.24) is 0 Å². The van der Waals surface area contributed by atoms with Crippen LogP contribution in [-0.2, 0) is 19.1 Å². The molecule has 0 spiro atoms. The van der Waals surface area contributed by atoms with Gasteiger partial charge in [-0.25, -0.2) is 0 Å². The van der Waals surface area contributed by atoms with Crippen LogP contribution in [0.25, 0.3) is 0 Å². The first-order chi connectivity index (χ1) is 15.4. The van der Waals surface area contributed by atoms with E-state index < -0.39 is 29.3 Å². The summed E-state index contributed by atoms with van der Waals surface area (Å²) in [6.07, 6.45) is 2.48. The van der Waals surface area contributed by atoms with Crippen molar-refractivity contribution in [3.05, 3.63) is 0 Å². The van der Waals surface area contributed by atoms with Crippen LogP contribution in [0.5, 0.6) is 0 Å². The summed E-state index contributed by atoms with van der Waals surface area (Å²) in [4.78, 5) is 25.5. The normalized spacial score (nSPS) is 42.7. The molecule has 6 heteroatoms. The number of Topliss-reactive ketones (excluding diaryl/α,β-unsaturated/α-hetero) is 1. The minimum absolute atomic E-state index is 0.0729. The summed E-state index contributed by atoms with van der Waals surface area (Å²) in [5, 5.41) is 20.9. The second kappa shape index (κ2) is 10.3. The van der Waals surface area contributed by atoms with Gasteiger partial charge in [0.05, 0.1) is 35.7 Å². The van der Waals surface area contributed by atoms with Gasteiger partial charge in [-0.05, 0) is 55.8 Å². The highest BCUT2D eigenvalue weighted by atomic mass is 16.5. The van der Waals surface area contributed by atoms with E-state index in [9.17, 15) is 19.8 Å². The fraction of sp³-hybridized carbons (Fsp3) is 0.926. The molecule has 12 atom stereocenters. The van der Waals surface area contributed by atoms with Gasteiger partial charge in [0.15, 0.2) is 0 Å². The van der Waals surface area contributed by atoms with Crippen molar-refractivity contribution in [2.75, 3.05) is 6.61 Å². The molecule has 0 amide bonds. The largest absolute Gasteiger partial charge is 0.481 e. The highest BCUT2D eigenvalue weighted by Gasteiger charge is 2.65. The number of ether oxygens (including phenoxy) is 2. The third-order valence-electron chi connectivity index (χ3n) is 9.17. The van der Waals surface area contributed by atoms with Gasteiger partial charge in [0, 0.05) is 18.4 Å². The Kier molecular flexibility index (Phi) is 8.33. The number of aliphatic carboxylic acids is 1. The minimum atomic E-state index is -0.837. The molecule has 0 aromatic heterocycles. The molecule has 0 bridgehead atoms. The molecule has 0 aromatic carbocycles. The van der Waals surface area contributed by atoms with E-state index >= 15 is 0 Å². The Morgan fingerprint density at radius 2 is 1.73 bits per heavy atom. The zero-order chi connectivity index (χ0) is 24.7. The molecule has 190 valence electrons. The maximum atomic E-state index is 13.8. The fourth-order valence-electron chi connectivity index (χ4n) is 7.00. The quantitative estimate of drug-likeness (QED) is 0.517. The van der Waals surface area contributed by atoms with Gasteiger partial charge in [-0.15, -0.1) is 0 Å². The molecule has 2 N–H and O–H groups in total. The van der Waals surface area contributed by atoms with Crippen molar-refractivity contribution in [3.8, 4) is 0 Å². The van der Waals surface area contributed by atoms with Gasteiger partial charge in [0.25, 0.3) is 0 Å². The van der Waals surface area contributed by atoms with Gasteiger partial charge in [0.1, 0.15) is 5.78 Å². The number of hydrogen-bond donors (Lipinski definition) is 2. The monoisotopic (exact) mass is 466 g/mol. The molecule has 1 aliphatic carbocycles. The van der Waals surface area contributed by atoms with E-state index in [0.717, 1.165) is 25.7 Å². The average Bonchev–Trinajstić information content (AvgIpc) is 3.44. The van der Waals surface area contributed by atoms with Crippen molar-refractivity contribution < 1.29 is 29.3 Å². The number of hydrogen-bond acceptors (Lipinski definition) is 5. The number of aliphatic hydroxyl groups is 1. The minimum Gasteiger partial charge on any atom is -0.481 e. The van der Waals surface area contributed by atoms with Gasteiger partial charge in [-0.1, -0.05) is 48.5 Å². The summed E-state index contributed by atoms with van der Waals surface area (Å²) in [6, 6.07) is 0. The molecule has 2 heterocycles. The van der Waals surface area contributed by atoms with E-state index in [0.29, 0.717) is 24.9 Å². The van der Waals surface area contributed by atoms with Crippen LogP contribution >= 0.6 is 0 Å². The maximum Gasteiger partial charge on any atom is 0.309 e. The highest BCUT2D eigenvalue weighted by Crippen LogP contribution is 2.60.